The van der Waals surface area contributed by atoms with Gasteiger partial charge in [0.25, 0.3) is 0 Å². The van der Waals surface area contributed by atoms with Crippen LogP contribution in [0.4, 0.5) is 0 Å². The van der Waals surface area contributed by atoms with Crippen molar-refractivity contribution in [3.8, 4) is 11.5 Å². The zero-order chi connectivity index (χ0) is 16.7. The van der Waals surface area contributed by atoms with Gasteiger partial charge in [0.15, 0.2) is 11.5 Å². The Labute approximate surface area is 141 Å². The van der Waals surface area contributed by atoms with Crippen LogP contribution in [-0.2, 0) is 11.3 Å². The Bertz CT molecular complexity index is 646. The molecule has 0 fully saturated rings. The number of hydrogen-bond donors (Lipinski definition) is 0. The van der Waals surface area contributed by atoms with Gasteiger partial charge in [-0.3, -0.25) is 4.79 Å². The van der Waals surface area contributed by atoms with Gasteiger partial charge in [-0.15, -0.1) is 11.8 Å². The smallest absolute Gasteiger partial charge is 0.232 e. The molecule has 0 aliphatic heterocycles. The average molecular weight is 331 g/mol. The first kappa shape index (κ1) is 17.2. The summed E-state index contributed by atoms with van der Waals surface area (Å²) in [7, 11) is 5.03. The van der Waals surface area contributed by atoms with Gasteiger partial charge in [0.05, 0.1) is 20.0 Å². The molecule has 0 radical (unpaired) electrons. The highest BCUT2D eigenvalue weighted by Gasteiger charge is 2.11. The minimum Gasteiger partial charge on any atom is -0.493 e. The van der Waals surface area contributed by atoms with Crippen molar-refractivity contribution in [1.29, 1.82) is 0 Å². The van der Waals surface area contributed by atoms with Crippen LogP contribution in [0, 0.1) is 0 Å². The molecule has 0 unspecified atom stereocenters. The maximum atomic E-state index is 12.2. The summed E-state index contributed by atoms with van der Waals surface area (Å²) in [6, 6.07) is 15.6. The van der Waals surface area contributed by atoms with Crippen molar-refractivity contribution < 1.29 is 14.3 Å². The minimum atomic E-state index is 0.0913. The van der Waals surface area contributed by atoms with E-state index in [1.807, 2.05) is 55.6 Å². The summed E-state index contributed by atoms with van der Waals surface area (Å²) in [4.78, 5) is 15.0. The number of thioether (sulfide) groups is 1. The molecular weight excluding hydrogens is 310 g/mol. The molecule has 0 saturated carbocycles. The highest BCUT2D eigenvalue weighted by atomic mass is 32.2. The third-order valence-electron chi connectivity index (χ3n) is 3.41. The molecular formula is C18H21NO3S. The first-order valence-electron chi connectivity index (χ1n) is 7.26. The molecule has 0 N–H and O–H groups in total. The Balaban J connectivity index is 1.91. The number of ether oxygens (including phenoxy) is 2. The maximum absolute atomic E-state index is 12.2. The van der Waals surface area contributed by atoms with E-state index in [4.69, 9.17) is 9.47 Å². The largest absolute Gasteiger partial charge is 0.493 e. The van der Waals surface area contributed by atoms with Gasteiger partial charge in [-0.25, -0.2) is 0 Å². The molecule has 1 amide bonds. The lowest BCUT2D eigenvalue weighted by molar-refractivity contribution is -0.127. The predicted molar refractivity (Wildman–Crippen MR) is 93.2 cm³/mol. The lowest BCUT2D eigenvalue weighted by Crippen LogP contribution is -2.27. The highest BCUT2D eigenvalue weighted by molar-refractivity contribution is 8.00. The second kappa shape index (κ2) is 8.48. The molecule has 0 aliphatic carbocycles. The average Bonchev–Trinajstić information content (AvgIpc) is 2.60. The molecule has 0 aromatic heterocycles. The normalized spacial score (nSPS) is 10.2. The number of methoxy groups -OCH3 is 2. The summed E-state index contributed by atoms with van der Waals surface area (Å²) in [6.45, 7) is 0.617. The lowest BCUT2D eigenvalue weighted by Gasteiger charge is -2.17. The summed E-state index contributed by atoms with van der Waals surface area (Å²) in [5.41, 5.74) is 1.12. The van der Waals surface area contributed by atoms with E-state index < -0.39 is 0 Å². The van der Waals surface area contributed by atoms with E-state index in [0.717, 1.165) is 10.5 Å². The van der Waals surface area contributed by atoms with Crippen LogP contribution < -0.4 is 9.47 Å². The fraction of sp³-hybridized carbons (Fsp3) is 0.278. The predicted octanol–water partition coefficient (Wildman–Crippen LogP) is 3.45. The highest BCUT2D eigenvalue weighted by Crippen LogP contribution is 2.31. The van der Waals surface area contributed by atoms with Crippen molar-refractivity contribution in [1.82, 2.24) is 4.90 Å². The van der Waals surface area contributed by atoms with Gasteiger partial charge in [0, 0.05) is 18.5 Å². The lowest BCUT2D eigenvalue weighted by atomic mass is 10.2. The van der Waals surface area contributed by atoms with E-state index in [2.05, 4.69) is 0 Å². The van der Waals surface area contributed by atoms with Gasteiger partial charge in [0.1, 0.15) is 0 Å². The first-order chi connectivity index (χ1) is 11.1. The summed E-state index contributed by atoms with van der Waals surface area (Å²) in [5.74, 6) is 1.83. The zero-order valence-corrected chi connectivity index (χ0v) is 14.4. The quantitative estimate of drug-likeness (QED) is 0.729. The summed E-state index contributed by atoms with van der Waals surface area (Å²) in [5, 5.41) is 0. The third kappa shape index (κ3) is 4.93. The molecule has 0 aliphatic rings. The van der Waals surface area contributed by atoms with Gasteiger partial charge in [-0.1, -0.05) is 30.3 Å². The van der Waals surface area contributed by atoms with Gasteiger partial charge in [-0.05, 0) is 23.8 Å². The molecule has 0 bridgehead atoms. The van der Waals surface area contributed by atoms with Gasteiger partial charge < -0.3 is 14.4 Å². The van der Waals surface area contributed by atoms with E-state index in [-0.39, 0.29) is 5.91 Å². The summed E-state index contributed by atoms with van der Waals surface area (Å²) < 4.78 is 10.5. The molecule has 4 nitrogen and oxygen atoms in total. The standard InChI is InChI=1S/C18H21NO3S/c1-19(12-14-7-5-4-6-8-14)18(20)13-23-15-9-10-16(21-2)17(11-15)22-3/h4-11H,12-13H2,1-3H3. The van der Waals surface area contributed by atoms with Crippen molar-refractivity contribution in [2.45, 2.75) is 11.4 Å². The number of benzene rings is 2. The van der Waals surface area contributed by atoms with Crippen molar-refractivity contribution in [3.05, 3.63) is 54.1 Å². The van der Waals surface area contributed by atoms with Crippen molar-refractivity contribution >= 4 is 17.7 Å². The SMILES string of the molecule is COc1ccc(SCC(=O)N(C)Cc2ccccc2)cc1OC. The molecule has 0 saturated heterocycles. The Morgan fingerprint density at radius 3 is 2.39 bits per heavy atom. The summed E-state index contributed by atoms with van der Waals surface area (Å²) in [6.07, 6.45) is 0. The van der Waals surface area contributed by atoms with Crippen LogP contribution >= 0.6 is 11.8 Å². The Morgan fingerprint density at radius 2 is 1.74 bits per heavy atom. The van der Waals surface area contributed by atoms with Crippen LogP contribution in [-0.4, -0.2) is 37.8 Å². The second-order valence-electron chi connectivity index (χ2n) is 5.04. The number of hydrogen-bond acceptors (Lipinski definition) is 4. The van der Waals surface area contributed by atoms with Gasteiger partial charge in [0.2, 0.25) is 5.91 Å². The number of carbonyl (C=O) groups excluding carboxylic acids is 1. The van der Waals surface area contributed by atoms with E-state index >= 15 is 0 Å². The van der Waals surface area contributed by atoms with Crippen LogP contribution in [0.15, 0.2) is 53.4 Å². The van der Waals surface area contributed by atoms with Crippen molar-refractivity contribution in [2.75, 3.05) is 27.0 Å². The third-order valence-corrected chi connectivity index (χ3v) is 4.38. The Hall–Kier alpha value is -2.14. The summed E-state index contributed by atoms with van der Waals surface area (Å²) >= 11 is 1.49. The first-order valence-corrected chi connectivity index (χ1v) is 8.25. The van der Waals surface area contributed by atoms with Crippen molar-refractivity contribution in [2.24, 2.45) is 0 Å². The maximum Gasteiger partial charge on any atom is 0.232 e. The molecule has 23 heavy (non-hydrogen) atoms. The van der Waals surface area contributed by atoms with Crippen LogP contribution in [0.3, 0.4) is 0 Å². The second-order valence-corrected chi connectivity index (χ2v) is 6.09. The molecule has 0 atom stereocenters. The fourth-order valence-corrected chi connectivity index (χ4v) is 2.97. The molecule has 5 heteroatoms. The minimum absolute atomic E-state index is 0.0913. The molecule has 2 aromatic carbocycles. The van der Waals surface area contributed by atoms with E-state index in [9.17, 15) is 4.79 Å². The van der Waals surface area contributed by atoms with Crippen LogP contribution in [0.1, 0.15) is 5.56 Å². The Kier molecular flexibility index (Phi) is 6.35. The molecule has 0 spiro atoms. The number of amides is 1. The molecule has 2 rings (SSSR count). The molecule has 2 aromatic rings. The number of rotatable bonds is 7. The molecule has 0 heterocycles. The van der Waals surface area contributed by atoms with E-state index in [1.165, 1.54) is 11.8 Å². The van der Waals surface area contributed by atoms with Crippen LogP contribution in [0.2, 0.25) is 0 Å². The zero-order valence-electron chi connectivity index (χ0n) is 13.6. The number of carbonyl (C=O) groups is 1. The van der Waals surface area contributed by atoms with E-state index in [1.54, 1.807) is 19.1 Å². The number of nitrogens with zero attached hydrogens (tertiary/aromatic N) is 1. The monoisotopic (exact) mass is 331 g/mol. The molecule has 122 valence electrons. The topological polar surface area (TPSA) is 38.8 Å². The van der Waals surface area contributed by atoms with Crippen LogP contribution in [0.25, 0.3) is 0 Å². The van der Waals surface area contributed by atoms with Crippen molar-refractivity contribution in [3.63, 3.8) is 0 Å². The van der Waals surface area contributed by atoms with Gasteiger partial charge >= 0.3 is 0 Å². The van der Waals surface area contributed by atoms with Crippen LogP contribution in [0.5, 0.6) is 11.5 Å². The fourth-order valence-electron chi connectivity index (χ4n) is 2.11. The van der Waals surface area contributed by atoms with E-state index in [0.29, 0.717) is 23.8 Å². The Morgan fingerprint density at radius 1 is 1.04 bits per heavy atom. The van der Waals surface area contributed by atoms with Gasteiger partial charge in [-0.2, -0.15) is 0 Å².